The first kappa shape index (κ1) is 30.5. The van der Waals surface area contributed by atoms with Crippen molar-refractivity contribution >= 4 is 35.3 Å². The van der Waals surface area contributed by atoms with E-state index in [1.165, 1.54) is 11.8 Å². The molecule has 9 nitrogen and oxygen atoms in total. The predicted molar refractivity (Wildman–Crippen MR) is 177 cm³/mol. The number of benzene rings is 3. The van der Waals surface area contributed by atoms with Crippen LogP contribution in [0.15, 0.2) is 72.8 Å². The lowest BCUT2D eigenvalue weighted by molar-refractivity contribution is -0.137. The standard InChI is InChI=1S/C35H37N5O4S/c1-23-14-15-28(24(2)20-23)40-35-32(33(36-40)26-10-6-5-7-11-26)34(27-12-8-9-13-29(27)44-4)45-22-31(43)39(35)21-30(42)38-18-16-37(17-19-38)25(3)41/h5-15,20,34H,16-19,21-22H2,1-4H3/t34-/m0/s1. The van der Waals surface area contributed by atoms with Crippen molar-refractivity contribution in [2.75, 3.05) is 50.5 Å². The smallest absolute Gasteiger partial charge is 0.242 e. The van der Waals surface area contributed by atoms with Crippen molar-refractivity contribution in [2.45, 2.75) is 26.0 Å². The van der Waals surface area contributed by atoms with Gasteiger partial charge in [0.2, 0.25) is 17.7 Å². The minimum absolute atomic E-state index is 0.000320. The van der Waals surface area contributed by atoms with E-state index >= 15 is 0 Å². The van der Waals surface area contributed by atoms with Crippen LogP contribution in [0.1, 0.15) is 34.4 Å². The van der Waals surface area contributed by atoms with Crippen LogP contribution in [0, 0.1) is 13.8 Å². The third-order valence-corrected chi connectivity index (χ3v) is 9.75. The van der Waals surface area contributed by atoms with Crippen LogP contribution >= 0.6 is 11.8 Å². The number of hydrogen-bond donors (Lipinski definition) is 0. The summed E-state index contributed by atoms with van der Waals surface area (Å²) >= 11 is 1.52. The van der Waals surface area contributed by atoms with E-state index in [-0.39, 0.29) is 35.3 Å². The van der Waals surface area contributed by atoms with Crippen LogP contribution in [0.25, 0.3) is 16.9 Å². The van der Waals surface area contributed by atoms with Crippen molar-refractivity contribution in [1.82, 2.24) is 19.6 Å². The first-order valence-electron chi connectivity index (χ1n) is 15.1. The normalized spacial score (nSPS) is 16.8. The van der Waals surface area contributed by atoms with Crippen LogP contribution in [0.4, 0.5) is 5.82 Å². The van der Waals surface area contributed by atoms with E-state index in [1.807, 2.05) is 85.3 Å². The molecule has 0 aliphatic carbocycles. The second kappa shape index (κ2) is 12.8. The molecule has 0 unspecified atom stereocenters. The van der Waals surface area contributed by atoms with E-state index in [1.54, 1.807) is 28.7 Å². The Hall–Kier alpha value is -4.57. The monoisotopic (exact) mass is 623 g/mol. The minimum atomic E-state index is -0.297. The molecule has 1 aromatic heterocycles. The highest BCUT2D eigenvalue weighted by Gasteiger charge is 2.39. The summed E-state index contributed by atoms with van der Waals surface area (Å²) in [5.41, 5.74) is 6.42. The second-order valence-electron chi connectivity index (χ2n) is 11.5. The fourth-order valence-electron chi connectivity index (χ4n) is 6.17. The predicted octanol–water partition coefficient (Wildman–Crippen LogP) is 5.02. The zero-order valence-corrected chi connectivity index (χ0v) is 26.8. The van der Waals surface area contributed by atoms with Crippen LogP contribution in [0.3, 0.4) is 0 Å². The second-order valence-corrected chi connectivity index (χ2v) is 12.5. The van der Waals surface area contributed by atoms with Gasteiger partial charge >= 0.3 is 0 Å². The maximum absolute atomic E-state index is 14.1. The Labute approximate surface area is 267 Å². The minimum Gasteiger partial charge on any atom is -0.496 e. The molecule has 0 bridgehead atoms. The summed E-state index contributed by atoms with van der Waals surface area (Å²) < 4.78 is 7.67. The molecule has 3 aromatic carbocycles. The number of rotatable bonds is 6. The van der Waals surface area contributed by atoms with Crippen molar-refractivity contribution in [1.29, 1.82) is 0 Å². The first-order valence-corrected chi connectivity index (χ1v) is 16.2. The number of para-hydroxylation sites is 1. The fraction of sp³-hybridized carbons (Fsp3) is 0.314. The Kier molecular flexibility index (Phi) is 8.67. The highest BCUT2D eigenvalue weighted by Crippen LogP contribution is 2.50. The number of amides is 3. The molecule has 6 rings (SSSR count). The number of fused-ring (bicyclic) bond motifs is 1. The zero-order chi connectivity index (χ0) is 31.7. The molecule has 3 amide bonds. The molecule has 3 heterocycles. The SMILES string of the molecule is COc1ccccc1[C@@H]1SCC(=O)N(CC(=O)N2CCN(C(C)=O)CC2)c2c1c(-c1ccccc1)nn2-c1ccc(C)cc1C. The van der Waals surface area contributed by atoms with Crippen molar-refractivity contribution in [3.8, 4) is 22.7 Å². The number of nitrogens with zero attached hydrogens (tertiary/aromatic N) is 5. The van der Waals surface area contributed by atoms with E-state index in [4.69, 9.17) is 9.84 Å². The van der Waals surface area contributed by atoms with E-state index in [0.717, 1.165) is 44.9 Å². The molecule has 2 aliphatic heterocycles. The van der Waals surface area contributed by atoms with Gasteiger partial charge in [0.1, 0.15) is 18.1 Å². The Morgan fingerprint density at radius 1 is 0.933 bits per heavy atom. The molecule has 0 spiro atoms. The summed E-state index contributed by atoms with van der Waals surface area (Å²) in [6, 6.07) is 24.0. The Balaban J connectivity index is 1.55. The van der Waals surface area contributed by atoms with Gasteiger partial charge < -0.3 is 14.5 Å². The lowest BCUT2D eigenvalue weighted by atomic mass is 9.99. The Morgan fingerprint density at radius 3 is 2.31 bits per heavy atom. The molecule has 232 valence electrons. The molecule has 0 radical (unpaired) electrons. The van der Waals surface area contributed by atoms with Crippen LogP contribution < -0.4 is 9.64 Å². The number of hydrogen-bond acceptors (Lipinski definition) is 6. The van der Waals surface area contributed by atoms with Gasteiger partial charge in [0.15, 0.2) is 0 Å². The van der Waals surface area contributed by atoms with Gasteiger partial charge in [-0.2, -0.15) is 5.10 Å². The summed E-state index contributed by atoms with van der Waals surface area (Å²) in [7, 11) is 1.65. The van der Waals surface area contributed by atoms with Gasteiger partial charge in [0.05, 0.1) is 29.5 Å². The zero-order valence-electron chi connectivity index (χ0n) is 26.0. The number of aryl methyl sites for hydroxylation is 2. The Bertz CT molecular complexity index is 1750. The lowest BCUT2D eigenvalue weighted by Gasteiger charge is -2.35. The highest BCUT2D eigenvalue weighted by atomic mass is 32.2. The van der Waals surface area contributed by atoms with Crippen molar-refractivity contribution in [3.63, 3.8) is 0 Å². The average Bonchev–Trinajstić information content (AvgIpc) is 3.37. The molecular formula is C35H37N5O4S. The van der Waals surface area contributed by atoms with Crippen LogP contribution in [0.5, 0.6) is 5.75 Å². The van der Waals surface area contributed by atoms with Gasteiger partial charge in [-0.1, -0.05) is 66.2 Å². The third-order valence-electron chi connectivity index (χ3n) is 8.51. The summed E-state index contributed by atoms with van der Waals surface area (Å²) in [6.45, 7) is 7.31. The first-order chi connectivity index (χ1) is 21.8. The summed E-state index contributed by atoms with van der Waals surface area (Å²) in [5.74, 6) is 1.15. The van der Waals surface area contributed by atoms with E-state index in [2.05, 4.69) is 6.07 Å². The van der Waals surface area contributed by atoms with Crippen LogP contribution in [-0.4, -0.2) is 82.9 Å². The molecule has 0 N–H and O–H groups in total. The Morgan fingerprint density at radius 2 is 1.62 bits per heavy atom. The van der Waals surface area contributed by atoms with Crippen molar-refractivity contribution in [2.24, 2.45) is 0 Å². The summed E-state index contributed by atoms with van der Waals surface area (Å²) in [4.78, 5) is 45.0. The average molecular weight is 624 g/mol. The summed E-state index contributed by atoms with van der Waals surface area (Å²) in [6.07, 6.45) is 0. The van der Waals surface area contributed by atoms with Gasteiger partial charge in [-0.3, -0.25) is 19.3 Å². The summed E-state index contributed by atoms with van der Waals surface area (Å²) in [5, 5.41) is 4.93. The molecule has 1 atom stereocenters. The van der Waals surface area contributed by atoms with Gasteiger partial charge in [-0.15, -0.1) is 11.8 Å². The number of thioether (sulfide) groups is 1. The molecule has 45 heavy (non-hydrogen) atoms. The van der Waals surface area contributed by atoms with Crippen LogP contribution in [-0.2, 0) is 14.4 Å². The molecule has 1 saturated heterocycles. The van der Waals surface area contributed by atoms with E-state index in [0.29, 0.717) is 32.0 Å². The topological polar surface area (TPSA) is 88.0 Å². The highest BCUT2D eigenvalue weighted by molar-refractivity contribution is 8.00. The molecule has 4 aromatic rings. The maximum atomic E-state index is 14.1. The van der Waals surface area contributed by atoms with E-state index < -0.39 is 0 Å². The van der Waals surface area contributed by atoms with Crippen molar-refractivity contribution < 1.29 is 19.1 Å². The van der Waals surface area contributed by atoms with Gasteiger partial charge in [0, 0.05) is 49.8 Å². The number of aromatic nitrogens is 2. The third kappa shape index (κ3) is 5.94. The quantitative estimate of drug-likeness (QED) is 0.300. The van der Waals surface area contributed by atoms with Gasteiger partial charge in [0.25, 0.3) is 0 Å². The largest absolute Gasteiger partial charge is 0.496 e. The lowest BCUT2D eigenvalue weighted by Crippen LogP contribution is -2.53. The van der Waals surface area contributed by atoms with Crippen LogP contribution in [0.2, 0.25) is 0 Å². The van der Waals surface area contributed by atoms with Crippen molar-refractivity contribution in [3.05, 3.63) is 95.1 Å². The number of anilines is 1. The number of carbonyl (C=O) groups excluding carboxylic acids is 3. The number of ether oxygens (including phenoxy) is 1. The number of piperazine rings is 1. The molecule has 10 heteroatoms. The van der Waals surface area contributed by atoms with Gasteiger partial charge in [-0.05, 0) is 31.5 Å². The fourth-order valence-corrected chi connectivity index (χ4v) is 7.40. The molecule has 0 saturated carbocycles. The number of carbonyl (C=O) groups is 3. The molecule has 2 aliphatic rings. The molecule has 1 fully saturated rings. The van der Waals surface area contributed by atoms with Gasteiger partial charge in [-0.25, -0.2) is 4.68 Å². The van der Waals surface area contributed by atoms with E-state index in [9.17, 15) is 14.4 Å². The maximum Gasteiger partial charge on any atom is 0.242 e. The number of methoxy groups -OCH3 is 1. The molecular weight excluding hydrogens is 586 g/mol.